The van der Waals surface area contributed by atoms with Gasteiger partial charge in [0.25, 0.3) is 5.91 Å². The number of hydrogen-bond donors (Lipinski definition) is 1. The third-order valence-electron chi connectivity index (χ3n) is 2.54. The fraction of sp³-hybridized carbons (Fsp3) is 0.583. The number of methoxy groups -OCH3 is 1. The van der Waals surface area contributed by atoms with E-state index >= 15 is 0 Å². The van der Waals surface area contributed by atoms with Crippen molar-refractivity contribution in [1.82, 2.24) is 4.90 Å². The van der Waals surface area contributed by atoms with Crippen molar-refractivity contribution < 1.29 is 14.6 Å². The van der Waals surface area contributed by atoms with Gasteiger partial charge < -0.3 is 14.7 Å². The van der Waals surface area contributed by atoms with Crippen LogP contribution in [0.4, 0.5) is 0 Å². The fourth-order valence-electron chi connectivity index (χ4n) is 1.53. The number of aliphatic hydroxyl groups excluding tert-OH is 1. The molecule has 0 aliphatic heterocycles. The summed E-state index contributed by atoms with van der Waals surface area (Å²) in [6.45, 7) is 0.927. The van der Waals surface area contributed by atoms with Crippen LogP contribution in [0.3, 0.4) is 0 Å². The molecule has 5 heteroatoms. The third kappa shape index (κ3) is 4.02. The van der Waals surface area contributed by atoms with Gasteiger partial charge in [-0.15, -0.1) is 11.3 Å². The van der Waals surface area contributed by atoms with Crippen molar-refractivity contribution in [3.63, 3.8) is 0 Å². The highest BCUT2D eigenvalue weighted by Gasteiger charge is 2.17. The van der Waals surface area contributed by atoms with Gasteiger partial charge in [-0.25, -0.2) is 0 Å². The van der Waals surface area contributed by atoms with E-state index in [1.165, 1.54) is 11.3 Å². The van der Waals surface area contributed by atoms with E-state index in [9.17, 15) is 4.79 Å². The molecule has 0 aromatic carbocycles. The normalized spacial score (nSPS) is 10.3. The highest BCUT2D eigenvalue weighted by molar-refractivity contribution is 7.12. The van der Waals surface area contributed by atoms with Gasteiger partial charge in [-0.3, -0.25) is 4.79 Å². The smallest absolute Gasteiger partial charge is 0.267 e. The molecule has 0 aliphatic carbocycles. The molecule has 0 unspecified atom stereocenters. The number of rotatable bonds is 7. The number of aliphatic hydroxyl groups is 1. The van der Waals surface area contributed by atoms with Gasteiger partial charge in [0.15, 0.2) is 0 Å². The van der Waals surface area contributed by atoms with E-state index in [4.69, 9.17) is 9.84 Å². The van der Waals surface area contributed by atoms with Crippen molar-refractivity contribution in [2.45, 2.75) is 19.3 Å². The number of nitrogens with zero attached hydrogens (tertiary/aromatic N) is 1. The number of ether oxygens (including phenoxy) is 1. The highest BCUT2D eigenvalue weighted by Crippen LogP contribution is 2.25. The summed E-state index contributed by atoms with van der Waals surface area (Å²) in [6.07, 6.45) is 2.65. The lowest BCUT2D eigenvalue weighted by atomic mass is 10.2. The number of amides is 1. The number of unbranched alkanes of at least 4 members (excludes halogenated alkanes) is 2. The van der Waals surface area contributed by atoms with Crippen LogP contribution in [-0.4, -0.2) is 43.2 Å². The zero-order chi connectivity index (χ0) is 12.7. The van der Waals surface area contributed by atoms with E-state index in [1.807, 2.05) is 5.38 Å². The standard InChI is InChI=1S/C12H19NO3S/c1-13(7-4-3-5-8-14)12(15)11-10(16-2)6-9-17-11/h6,9,14H,3-5,7-8H2,1-2H3. The molecule has 0 atom stereocenters. The average Bonchev–Trinajstić information content (AvgIpc) is 2.81. The molecule has 0 aliphatic rings. The molecular formula is C12H19NO3S. The second-order valence-corrected chi connectivity index (χ2v) is 4.75. The fourth-order valence-corrected chi connectivity index (χ4v) is 2.38. The van der Waals surface area contributed by atoms with Crippen molar-refractivity contribution in [2.24, 2.45) is 0 Å². The molecule has 0 saturated heterocycles. The maximum Gasteiger partial charge on any atom is 0.267 e. The van der Waals surface area contributed by atoms with Crippen LogP contribution in [0.25, 0.3) is 0 Å². The maximum atomic E-state index is 12.1. The van der Waals surface area contributed by atoms with Gasteiger partial charge in [-0.05, 0) is 30.7 Å². The van der Waals surface area contributed by atoms with E-state index < -0.39 is 0 Å². The molecule has 0 fully saturated rings. The van der Waals surface area contributed by atoms with Crippen LogP contribution in [0.15, 0.2) is 11.4 Å². The number of thiophene rings is 1. The van der Waals surface area contributed by atoms with Gasteiger partial charge in [0.2, 0.25) is 0 Å². The van der Waals surface area contributed by atoms with E-state index in [0.29, 0.717) is 17.2 Å². The summed E-state index contributed by atoms with van der Waals surface area (Å²) in [5.74, 6) is 0.642. The van der Waals surface area contributed by atoms with Gasteiger partial charge in [0, 0.05) is 20.2 Å². The molecule has 0 bridgehead atoms. The minimum absolute atomic E-state index is 0.000786. The molecule has 0 spiro atoms. The first kappa shape index (κ1) is 14.0. The number of carbonyl (C=O) groups excluding carboxylic acids is 1. The highest BCUT2D eigenvalue weighted by atomic mass is 32.1. The summed E-state index contributed by atoms with van der Waals surface area (Å²) < 4.78 is 5.13. The molecule has 1 heterocycles. The first-order valence-corrected chi connectivity index (χ1v) is 6.56. The summed E-state index contributed by atoms with van der Waals surface area (Å²) in [5, 5.41) is 10.5. The second-order valence-electron chi connectivity index (χ2n) is 3.83. The van der Waals surface area contributed by atoms with Crippen LogP contribution in [0.5, 0.6) is 5.75 Å². The first-order chi connectivity index (χ1) is 8.20. The molecule has 1 amide bonds. The van der Waals surface area contributed by atoms with Crippen LogP contribution < -0.4 is 4.74 Å². The Morgan fingerprint density at radius 3 is 2.88 bits per heavy atom. The van der Waals surface area contributed by atoms with Crippen LogP contribution >= 0.6 is 11.3 Å². The van der Waals surface area contributed by atoms with Crippen LogP contribution in [0.1, 0.15) is 28.9 Å². The van der Waals surface area contributed by atoms with Crippen LogP contribution in [0, 0.1) is 0 Å². The Bertz CT molecular complexity index is 351. The third-order valence-corrected chi connectivity index (χ3v) is 3.43. The first-order valence-electron chi connectivity index (χ1n) is 5.68. The minimum atomic E-state index is 0.000786. The van der Waals surface area contributed by atoms with Crippen LogP contribution in [-0.2, 0) is 0 Å². The zero-order valence-corrected chi connectivity index (χ0v) is 11.1. The molecule has 0 radical (unpaired) electrons. The summed E-state index contributed by atoms with van der Waals surface area (Å²) >= 11 is 1.40. The molecule has 1 aromatic rings. The lowest BCUT2D eigenvalue weighted by Gasteiger charge is -2.16. The summed E-state index contributed by atoms with van der Waals surface area (Å²) in [4.78, 5) is 14.4. The quantitative estimate of drug-likeness (QED) is 0.760. The lowest BCUT2D eigenvalue weighted by Crippen LogP contribution is -2.27. The maximum absolute atomic E-state index is 12.1. The summed E-state index contributed by atoms with van der Waals surface area (Å²) in [6, 6.07) is 1.80. The molecule has 1 N–H and O–H groups in total. The lowest BCUT2D eigenvalue weighted by molar-refractivity contribution is 0.0794. The molecule has 0 saturated carbocycles. The van der Waals surface area contributed by atoms with E-state index in [-0.39, 0.29) is 12.5 Å². The summed E-state index contributed by atoms with van der Waals surface area (Å²) in [7, 11) is 3.36. The Kier molecular flexibility index (Phi) is 6.00. The van der Waals surface area contributed by atoms with Gasteiger partial charge in [-0.1, -0.05) is 0 Å². The van der Waals surface area contributed by atoms with Crippen LogP contribution in [0.2, 0.25) is 0 Å². The Morgan fingerprint density at radius 2 is 2.24 bits per heavy atom. The predicted molar refractivity (Wildman–Crippen MR) is 68.8 cm³/mol. The molecule has 17 heavy (non-hydrogen) atoms. The van der Waals surface area contributed by atoms with Crippen molar-refractivity contribution >= 4 is 17.2 Å². The molecular weight excluding hydrogens is 238 g/mol. The Morgan fingerprint density at radius 1 is 1.47 bits per heavy atom. The van der Waals surface area contributed by atoms with E-state index in [2.05, 4.69) is 0 Å². The topological polar surface area (TPSA) is 49.8 Å². The van der Waals surface area contributed by atoms with Crippen molar-refractivity contribution in [1.29, 1.82) is 0 Å². The SMILES string of the molecule is COc1ccsc1C(=O)N(C)CCCCCO. The summed E-state index contributed by atoms with van der Waals surface area (Å²) in [5.41, 5.74) is 0. The van der Waals surface area contributed by atoms with E-state index in [1.54, 1.807) is 25.1 Å². The van der Waals surface area contributed by atoms with E-state index in [0.717, 1.165) is 19.3 Å². The largest absolute Gasteiger partial charge is 0.495 e. The monoisotopic (exact) mass is 257 g/mol. The second kappa shape index (κ2) is 7.29. The predicted octanol–water partition coefficient (Wildman–Crippen LogP) is 1.99. The number of carbonyl (C=O) groups is 1. The zero-order valence-electron chi connectivity index (χ0n) is 10.3. The Hall–Kier alpha value is -1.07. The van der Waals surface area contributed by atoms with Gasteiger partial charge in [0.05, 0.1) is 7.11 Å². The molecule has 4 nitrogen and oxygen atoms in total. The van der Waals surface area contributed by atoms with Gasteiger partial charge >= 0.3 is 0 Å². The Balaban J connectivity index is 2.46. The molecule has 96 valence electrons. The van der Waals surface area contributed by atoms with Crippen molar-refractivity contribution in [3.8, 4) is 5.75 Å². The Labute approximate surface area is 106 Å². The molecule has 1 aromatic heterocycles. The molecule has 1 rings (SSSR count). The minimum Gasteiger partial charge on any atom is -0.495 e. The van der Waals surface area contributed by atoms with Crippen molar-refractivity contribution in [3.05, 3.63) is 16.3 Å². The van der Waals surface area contributed by atoms with Crippen molar-refractivity contribution in [2.75, 3.05) is 27.3 Å². The number of hydrogen-bond acceptors (Lipinski definition) is 4. The van der Waals surface area contributed by atoms with Gasteiger partial charge in [0.1, 0.15) is 10.6 Å². The average molecular weight is 257 g/mol. The van der Waals surface area contributed by atoms with Gasteiger partial charge in [-0.2, -0.15) is 0 Å².